The minimum absolute atomic E-state index is 0.112. The van der Waals surface area contributed by atoms with Gasteiger partial charge in [0.2, 0.25) is 5.91 Å². The monoisotopic (exact) mass is 429 g/mol. The van der Waals surface area contributed by atoms with E-state index >= 15 is 0 Å². The fourth-order valence-electron chi connectivity index (χ4n) is 4.78. The summed E-state index contributed by atoms with van der Waals surface area (Å²) >= 11 is 0. The number of carbonyl (C=O) groups excluding carboxylic acids is 1. The molecule has 3 aliphatic rings. The van der Waals surface area contributed by atoms with Gasteiger partial charge < -0.3 is 9.64 Å². The number of ether oxygens (including phenoxy) is 1. The van der Waals surface area contributed by atoms with E-state index in [2.05, 4.69) is 44.2 Å². The topological polar surface area (TPSA) is 86.7 Å². The van der Waals surface area contributed by atoms with Gasteiger partial charge in [-0.25, -0.2) is 20.3 Å². The van der Waals surface area contributed by atoms with Gasteiger partial charge in [-0.05, 0) is 45.1 Å². The number of anilines is 1. The molecule has 1 aromatic carbocycles. The highest BCUT2D eigenvalue weighted by Gasteiger charge is 2.45. The Bertz CT molecular complexity index is 959. The van der Waals surface area contributed by atoms with Crippen molar-refractivity contribution in [3.05, 3.63) is 42.0 Å². The lowest BCUT2D eigenvalue weighted by atomic mass is 9.95. The smallest absolute Gasteiger partial charge is 0.243 e. The van der Waals surface area contributed by atoms with Crippen LogP contribution in [0.1, 0.15) is 36.9 Å². The van der Waals surface area contributed by atoms with E-state index in [4.69, 9.17) is 4.74 Å². The third kappa shape index (κ3) is 3.69. The minimum Gasteiger partial charge on any atom is -0.494 e. The summed E-state index contributed by atoms with van der Waals surface area (Å²) in [5.74, 6) is -0.421. The molecular formula is C21H28FN7O2. The number of hydrazine groups is 2. The molecule has 9 nitrogen and oxygen atoms in total. The molecule has 1 aromatic heterocycles. The van der Waals surface area contributed by atoms with Crippen molar-refractivity contribution < 1.29 is 13.9 Å². The molecule has 0 saturated carbocycles. The molecule has 0 bridgehead atoms. The molecule has 3 fully saturated rings. The third-order valence-electron chi connectivity index (χ3n) is 6.58. The number of nitrogens with zero attached hydrogens (tertiary/aromatic N) is 4. The third-order valence-corrected chi connectivity index (χ3v) is 6.58. The molecule has 0 aliphatic carbocycles. The van der Waals surface area contributed by atoms with Crippen LogP contribution in [0.2, 0.25) is 0 Å². The lowest BCUT2D eigenvalue weighted by Gasteiger charge is -2.37. The van der Waals surface area contributed by atoms with E-state index in [1.165, 1.54) is 18.2 Å². The standard InChI is InChI=1S/C21H28FN7O2/c1-27-8-6-14(7-9-27)28-12-13(11-23-28)19-20-16(24-25-19)10-18(30)29(26-20)21-15(22)4-3-5-17(21)31-2/h3-5,11-12,14,16,19-20,24-26H,6-10H2,1-2H3. The van der Waals surface area contributed by atoms with E-state index in [1.807, 2.05) is 6.20 Å². The van der Waals surface area contributed by atoms with E-state index in [-0.39, 0.29) is 36.1 Å². The second kappa shape index (κ2) is 8.19. The van der Waals surface area contributed by atoms with Crippen molar-refractivity contribution in [3.8, 4) is 5.75 Å². The van der Waals surface area contributed by atoms with Crippen LogP contribution >= 0.6 is 0 Å². The normalized spacial score (nSPS) is 27.5. The molecule has 1 amide bonds. The summed E-state index contributed by atoms with van der Waals surface area (Å²) in [6.45, 7) is 2.13. The molecule has 166 valence electrons. The molecule has 31 heavy (non-hydrogen) atoms. The number of carbonyl (C=O) groups is 1. The Morgan fingerprint density at radius 2 is 2.03 bits per heavy atom. The van der Waals surface area contributed by atoms with Crippen molar-refractivity contribution in [2.45, 2.75) is 43.4 Å². The number of rotatable bonds is 4. The second-order valence-corrected chi connectivity index (χ2v) is 8.54. The number of likely N-dealkylation sites (tertiary alicyclic amines) is 1. The van der Waals surface area contributed by atoms with Crippen LogP contribution in [-0.2, 0) is 4.79 Å². The van der Waals surface area contributed by atoms with E-state index in [9.17, 15) is 9.18 Å². The van der Waals surface area contributed by atoms with Crippen molar-refractivity contribution in [1.82, 2.24) is 31.0 Å². The zero-order valence-electron chi connectivity index (χ0n) is 17.7. The van der Waals surface area contributed by atoms with Gasteiger partial charge in [0.1, 0.15) is 11.4 Å². The fraction of sp³-hybridized carbons (Fsp3) is 0.524. The summed E-state index contributed by atoms with van der Waals surface area (Å²) < 4.78 is 22.0. The van der Waals surface area contributed by atoms with Crippen LogP contribution < -0.4 is 26.0 Å². The molecule has 0 radical (unpaired) electrons. The summed E-state index contributed by atoms with van der Waals surface area (Å²) in [7, 11) is 3.61. The first kappa shape index (κ1) is 20.4. The maximum Gasteiger partial charge on any atom is 0.243 e. The van der Waals surface area contributed by atoms with Crippen molar-refractivity contribution in [2.24, 2.45) is 0 Å². The SMILES string of the molecule is COc1cccc(F)c1N1NC2C(CC1=O)NNC2c1cnn(C2CCN(C)CC2)c1. The predicted octanol–water partition coefficient (Wildman–Crippen LogP) is 1.13. The molecule has 2 aromatic rings. The van der Waals surface area contributed by atoms with Crippen molar-refractivity contribution in [2.75, 3.05) is 32.3 Å². The first-order valence-corrected chi connectivity index (χ1v) is 10.7. The zero-order chi connectivity index (χ0) is 21.5. The molecule has 3 saturated heterocycles. The molecule has 3 atom stereocenters. The first-order valence-electron chi connectivity index (χ1n) is 10.7. The average molecular weight is 430 g/mol. The van der Waals surface area contributed by atoms with Gasteiger partial charge in [0, 0.05) is 24.2 Å². The summed E-state index contributed by atoms with van der Waals surface area (Å²) in [6.07, 6.45) is 6.36. The van der Waals surface area contributed by atoms with Gasteiger partial charge in [0.15, 0.2) is 5.82 Å². The van der Waals surface area contributed by atoms with Gasteiger partial charge in [-0.15, -0.1) is 0 Å². The Labute approximate surface area is 180 Å². The lowest BCUT2D eigenvalue weighted by molar-refractivity contribution is -0.121. The summed E-state index contributed by atoms with van der Waals surface area (Å²) in [6, 6.07) is 4.55. The van der Waals surface area contributed by atoms with Crippen molar-refractivity contribution in [1.29, 1.82) is 0 Å². The summed E-state index contributed by atoms with van der Waals surface area (Å²) in [4.78, 5) is 15.1. The number of methoxy groups -OCH3 is 1. The van der Waals surface area contributed by atoms with E-state index in [0.29, 0.717) is 11.8 Å². The van der Waals surface area contributed by atoms with Crippen molar-refractivity contribution in [3.63, 3.8) is 0 Å². The Kier molecular flexibility index (Phi) is 5.39. The van der Waals surface area contributed by atoms with Gasteiger partial charge in [0.05, 0.1) is 31.4 Å². The van der Waals surface area contributed by atoms with E-state index < -0.39 is 5.82 Å². The fourth-order valence-corrected chi connectivity index (χ4v) is 4.78. The molecule has 0 spiro atoms. The maximum absolute atomic E-state index is 14.6. The maximum atomic E-state index is 14.6. The summed E-state index contributed by atoms with van der Waals surface area (Å²) in [5.41, 5.74) is 10.9. The van der Waals surface area contributed by atoms with E-state index in [1.54, 1.807) is 12.1 Å². The number of halogens is 1. The minimum atomic E-state index is -0.510. The molecule has 10 heteroatoms. The molecule has 3 N–H and O–H groups in total. The Hall–Kier alpha value is -2.53. The highest BCUT2D eigenvalue weighted by atomic mass is 19.1. The van der Waals surface area contributed by atoms with Gasteiger partial charge in [-0.1, -0.05) is 6.07 Å². The zero-order valence-corrected chi connectivity index (χ0v) is 17.7. The van der Waals surface area contributed by atoms with Crippen LogP contribution in [0.4, 0.5) is 10.1 Å². The predicted molar refractivity (Wildman–Crippen MR) is 113 cm³/mol. The van der Waals surface area contributed by atoms with Crippen molar-refractivity contribution >= 4 is 11.6 Å². The van der Waals surface area contributed by atoms with Gasteiger partial charge >= 0.3 is 0 Å². The van der Waals surface area contributed by atoms with Gasteiger partial charge in [0.25, 0.3) is 0 Å². The Balaban J connectivity index is 1.37. The van der Waals surface area contributed by atoms with Crippen LogP contribution in [0.5, 0.6) is 5.75 Å². The number of para-hydroxylation sites is 1. The molecule has 5 rings (SSSR count). The molecule has 3 unspecified atom stereocenters. The van der Waals surface area contributed by atoms with Crippen LogP contribution in [0.3, 0.4) is 0 Å². The molecular weight excluding hydrogens is 401 g/mol. The van der Waals surface area contributed by atoms with Crippen LogP contribution in [0.25, 0.3) is 0 Å². The van der Waals surface area contributed by atoms with Gasteiger partial charge in [-0.2, -0.15) is 5.10 Å². The highest BCUT2D eigenvalue weighted by Crippen LogP contribution is 2.35. The lowest BCUT2D eigenvalue weighted by Crippen LogP contribution is -2.60. The summed E-state index contributed by atoms with van der Waals surface area (Å²) in [5, 5.41) is 5.91. The second-order valence-electron chi connectivity index (χ2n) is 8.54. The Morgan fingerprint density at radius 1 is 1.23 bits per heavy atom. The number of piperidine rings is 1. The molecule has 4 heterocycles. The average Bonchev–Trinajstić information content (AvgIpc) is 3.40. The number of fused-ring (bicyclic) bond motifs is 1. The van der Waals surface area contributed by atoms with E-state index in [0.717, 1.165) is 31.5 Å². The number of hydrogen-bond donors (Lipinski definition) is 3. The highest BCUT2D eigenvalue weighted by molar-refractivity contribution is 5.95. The first-order chi connectivity index (χ1) is 15.0. The van der Waals surface area contributed by atoms with Crippen LogP contribution in [-0.4, -0.2) is 59.9 Å². The Morgan fingerprint density at radius 3 is 2.81 bits per heavy atom. The van der Waals surface area contributed by atoms with Crippen LogP contribution in [0, 0.1) is 5.82 Å². The van der Waals surface area contributed by atoms with Gasteiger partial charge in [-0.3, -0.25) is 14.9 Å². The number of benzene rings is 1. The molecule has 3 aliphatic heterocycles. The van der Waals surface area contributed by atoms with Crippen LogP contribution in [0.15, 0.2) is 30.6 Å². The quantitative estimate of drug-likeness (QED) is 0.672. The largest absolute Gasteiger partial charge is 0.494 e. The number of nitrogens with one attached hydrogen (secondary N) is 3. The number of hydrogen-bond acceptors (Lipinski definition) is 7. The number of aromatic nitrogens is 2. The number of amides is 1.